The van der Waals surface area contributed by atoms with Crippen molar-refractivity contribution in [2.24, 2.45) is 0 Å². The molecular formula is C28H37NO4. The summed E-state index contributed by atoms with van der Waals surface area (Å²) in [4.78, 5) is 26.3. The third-order valence-electron chi connectivity index (χ3n) is 6.65. The average Bonchev–Trinajstić information content (AvgIpc) is 3.15. The fraction of sp³-hybridized carbons (Fsp3) is 0.500. The van der Waals surface area contributed by atoms with E-state index in [1.165, 1.54) is 41.7 Å². The highest BCUT2D eigenvalue weighted by Gasteiger charge is 2.32. The number of fused-ring (bicyclic) bond motifs is 3. The van der Waals surface area contributed by atoms with Gasteiger partial charge in [0.05, 0.1) is 0 Å². The molecule has 0 bridgehead atoms. The van der Waals surface area contributed by atoms with E-state index in [1.54, 1.807) is 0 Å². The summed E-state index contributed by atoms with van der Waals surface area (Å²) in [6.07, 6.45) is 7.72. The summed E-state index contributed by atoms with van der Waals surface area (Å²) in [6.45, 7) is 4.51. The van der Waals surface area contributed by atoms with Crippen molar-refractivity contribution >= 4 is 12.1 Å². The maximum atomic E-state index is 12.9. The fourth-order valence-electron chi connectivity index (χ4n) is 4.86. The number of likely N-dealkylation sites (N-methyl/N-ethyl adjacent to an activating group) is 1. The van der Waals surface area contributed by atoms with Crippen LogP contribution in [0.3, 0.4) is 0 Å². The lowest BCUT2D eigenvalue weighted by atomic mass is 9.98. The van der Waals surface area contributed by atoms with Crippen molar-refractivity contribution in [2.45, 2.75) is 77.2 Å². The van der Waals surface area contributed by atoms with E-state index in [1.807, 2.05) is 31.2 Å². The van der Waals surface area contributed by atoms with Gasteiger partial charge in [-0.1, -0.05) is 100 Å². The number of unbranched alkanes of at least 4 members (excludes halogenated alkanes) is 6. The Morgan fingerprint density at radius 3 is 1.97 bits per heavy atom. The minimum absolute atomic E-state index is 0.0357. The number of aliphatic carboxylic acids is 1. The molecule has 178 valence electrons. The minimum atomic E-state index is -0.962. The molecule has 0 radical (unpaired) electrons. The number of nitrogens with zero attached hydrogens (tertiary/aromatic N) is 1. The molecule has 0 saturated carbocycles. The number of ether oxygens (including phenoxy) is 1. The maximum Gasteiger partial charge on any atom is 0.410 e. The molecule has 0 fully saturated rings. The molecule has 1 aliphatic rings. The minimum Gasteiger partial charge on any atom is -0.480 e. The molecule has 1 amide bonds. The molecule has 1 aliphatic carbocycles. The van der Waals surface area contributed by atoms with Gasteiger partial charge in [-0.2, -0.15) is 0 Å². The standard InChI is InChI=1S/C28H37NO4/c1-3-5-6-7-8-9-10-19-26(27(30)31)29(4-2)28(32)33-20-25-23-17-13-11-15-21(23)22-16-12-14-18-24(22)25/h11-18,25-26H,3-10,19-20H2,1-2H3,(H,30,31). The summed E-state index contributed by atoms with van der Waals surface area (Å²) in [6, 6.07) is 15.5. The molecule has 1 N–H and O–H groups in total. The smallest absolute Gasteiger partial charge is 0.410 e. The summed E-state index contributed by atoms with van der Waals surface area (Å²) >= 11 is 0. The van der Waals surface area contributed by atoms with Crippen molar-refractivity contribution < 1.29 is 19.4 Å². The van der Waals surface area contributed by atoms with Crippen LogP contribution in [-0.2, 0) is 9.53 Å². The zero-order chi connectivity index (χ0) is 23.6. The highest BCUT2D eigenvalue weighted by Crippen LogP contribution is 2.44. The van der Waals surface area contributed by atoms with E-state index in [9.17, 15) is 14.7 Å². The van der Waals surface area contributed by atoms with E-state index in [0.29, 0.717) is 13.0 Å². The molecule has 1 atom stereocenters. The van der Waals surface area contributed by atoms with Gasteiger partial charge < -0.3 is 9.84 Å². The number of rotatable bonds is 13. The van der Waals surface area contributed by atoms with Gasteiger partial charge in [-0.25, -0.2) is 9.59 Å². The monoisotopic (exact) mass is 451 g/mol. The van der Waals surface area contributed by atoms with Crippen LogP contribution >= 0.6 is 0 Å². The molecule has 2 aromatic rings. The normalized spacial score (nSPS) is 13.3. The lowest BCUT2D eigenvalue weighted by molar-refractivity contribution is -0.143. The van der Waals surface area contributed by atoms with Gasteiger partial charge in [0.25, 0.3) is 0 Å². The summed E-state index contributed by atoms with van der Waals surface area (Å²) < 4.78 is 5.72. The van der Waals surface area contributed by atoms with Gasteiger partial charge in [-0.3, -0.25) is 4.90 Å². The Bertz CT molecular complexity index is 880. The third kappa shape index (κ3) is 6.16. The third-order valence-corrected chi connectivity index (χ3v) is 6.65. The Morgan fingerprint density at radius 2 is 1.42 bits per heavy atom. The molecule has 0 heterocycles. The zero-order valence-corrected chi connectivity index (χ0v) is 20.0. The number of carbonyl (C=O) groups excluding carboxylic acids is 1. The highest BCUT2D eigenvalue weighted by atomic mass is 16.6. The fourth-order valence-corrected chi connectivity index (χ4v) is 4.86. The Morgan fingerprint density at radius 1 is 0.879 bits per heavy atom. The van der Waals surface area contributed by atoms with Gasteiger partial charge in [0.1, 0.15) is 12.6 Å². The van der Waals surface area contributed by atoms with Crippen LogP contribution in [0.5, 0.6) is 0 Å². The van der Waals surface area contributed by atoms with Crippen LogP contribution in [0.4, 0.5) is 4.79 Å². The first kappa shape index (κ1) is 24.8. The van der Waals surface area contributed by atoms with E-state index in [0.717, 1.165) is 30.4 Å². The quantitative estimate of drug-likeness (QED) is 0.338. The van der Waals surface area contributed by atoms with Gasteiger partial charge in [0, 0.05) is 12.5 Å². The first-order valence-corrected chi connectivity index (χ1v) is 12.4. The Kier molecular flexibility index (Phi) is 9.35. The highest BCUT2D eigenvalue weighted by molar-refractivity contribution is 5.81. The van der Waals surface area contributed by atoms with Gasteiger partial charge in [0.2, 0.25) is 0 Å². The molecule has 0 aliphatic heterocycles. The number of carbonyl (C=O) groups is 2. The molecule has 0 spiro atoms. The largest absolute Gasteiger partial charge is 0.480 e. The van der Waals surface area contributed by atoms with E-state index in [-0.39, 0.29) is 12.5 Å². The summed E-state index contributed by atoms with van der Waals surface area (Å²) in [5.41, 5.74) is 4.63. The van der Waals surface area contributed by atoms with Crippen molar-refractivity contribution in [3.63, 3.8) is 0 Å². The Balaban J connectivity index is 1.59. The number of hydrogen-bond donors (Lipinski definition) is 1. The summed E-state index contributed by atoms with van der Waals surface area (Å²) in [7, 11) is 0. The van der Waals surface area contributed by atoms with Crippen LogP contribution in [0.2, 0.25) is 0 Å². The van der Waals surface area contributed by atoms with Crippen LogP contribution in [0, 0.1) is 0 Å². The van der Waals surface area contributed by atoms with Crippen molar-refractivity contribution in [3.8, 4) is 11.1 Å². The second kappa shape index (κ2) is 12.4. The van der Waals surface area contributed by atoms with Crippen LogP contribution in [0.25, 0.3) is 11.1 Å². The van der Waals surface area contributed by atoms with Crippen molar-refractivity contribution in [2.75, 3.05) is 13.2 Å². The first-order valence-electron chi connectivity index (χ1n) is 12.4. The zero-order valence-electron chi connectivity index (χ0n) is 20.0. The molecule has 5 nitrogen and oxygen atoms in total. The molecule has 0 saturated heterocycles. The second-order valence-electron chi connectivity index (χ2n) is 8.85. The molecule has 5 heteroatoms. The van der Waals surface area contributed by atoms with Gasteiger partial charge in [-0.15, -0.1) is 0 Å². The summed E-state index contributed by atoms with van der Waals surface area (Å²) in [5.74, 6) is -0.997. The maximum absolute atomic E-state index is 12.9. The average molecular weight is 452 g/mol. The number of amides is 1. The second-order valence-corrected chi connectivity index (χ2v) is 8.85. The van der Waals surface area contributed by atoms with E-state index in [4.69, 9.17) is 4.74 Å². The first-order chi connectivity index (χ1) is 16.1. The van der Waals surface area contributed by atoms with E-state index >= 15 is 0 Å². The van der Waals surface area contributed by atoms with Crippen molar-refractivity contribution in [1.29, 1.82) is 0 Å². The van der Waals surface area contributed by atoms with Crippen LogP contribution < -0.4 is 0 Å². The predicted molar refractivity (Wildman–Crippen MR) is 131 cm³/mol. The lowest BCUT2D eigenvalue weighted by Gasteiger charge is -2.28. The van der Waals surface area contributed by atoms with Gasteiger partial charge in [-0.05, 0) is 35.6 Å². The van der Waals surface area contributed by atoms with Gasteiger partial charge >= 0.3 is 12.1 Å². The molecule has 3 rings (SSSR count). The molecule has 2 aromatic carbocycles. The molecule has 1 unspecified atom stereocenters. The topological polar surface area (TPSA) is 66.8 Å². The Labute approximate surface area is 197 Å². The van der Waals surface area contributed by atoms with Crippen molar-refractivity contribution in [1.82, 2.24) is 4.90 Å². The lowest BCUT2D eigenvalue weighted by Crippen LogP contribution is -2.45. The predicted octanol–water partition coefficient (Wildman–Crippen LogP) is 6.85. The van der Waals surface area contributed by atoms with Crippen LogP contribution in [0.15, 0.2) is 48.5 Å². The van der Waals surface area contributed by atoms with Gasteiger partial charge in [0.15, 0.2) is 0 Å². The van der Waals surface area contributed by atoms with Crippen LogP contribution in [0.1, 0.15) is 82.3 Å². The number of hydrogen-bond acceptors (Lipinski definition) is 3. The summed E-state index contributed by atoms with van der Waals surface area (Å²) in [5, 5.41) is 9.79. The SMILES string of the molecule is CCCCCCCCCC(C(=O)O)N(CC)C(=O)OCC1c2ccccc2-c2ccccc21. The Hall–Kier alpha value is -2.82. The molecule has 33 heavy (non-hydrogen) atoms. The van der Waals surface area contributed by atoms with E-state index < -0.39 is 18.1 Å². The van der Waals surface area contributed by atoms with E-state index in [2.05, 4.69) is 31.2 Å². The number of carboxylic acid groups (broad SMARTS) is 1. The number of carboxylic acids is 1. The molecule has 0 aromatic heterocycles. The van der Waals surface area contributed by atoms with Crippen molar-refractivity contribution in [3.05, 3.63) is 59.7 Å². The number of benzene rings is 2. The van der Waals surface area contributed by atoms with Crippen LogP contribution in [-0.4, -0.2) is 41.3 Å². The molecular weight excluding hydrogens is 414 g/mol.